The summed E-state index contributed by atoms with van der Waals surface area (Å²) in [6, 6.07) is 10.5. The van der Waals surface area contributed by atoms with Crippen LogP contribution in [0.5, 0.6) is 0 Å². The van der Waals surface area contributed by atoms with Gasteiger partial charge in [0.15, 0.2) is 5.65 Å². The molecule has 9 heteroatoms. The molecule has 4 aromatic rings. The van der Waals surface area contributed by atoms with Gasteiger partial charge in [-0.3, -0.25) is 9.48 Å². The van der Waals surface area contributed by atoms with E-state index in [-0.39, 0.29) is 29.0 Å². The van der Waals surface area contributed by atoms with Crippen LogP contribution in [0.15, 0.2) is 42.6 Å². The van der Waals surface area contributed by atoms with Crippen LogP contribution in [0.2, 0.25) is 0 Å². The SMILES string of the molecule is CCn1ncc(NC(=O)Cn2nc(C)c3c(C(F)F)cc(-c4ccccc4)nc32)c1C. The van der Waals surface area contributed by atoms with Gasteiger partial charge in [-0.25, -0.2) is 18.4 Å². The second kappa shape index (κ2) is 8.25. The predicted octanol–water partition coefficient (Wildman–Crippen LogP) is 4.51. The van der Waals surface area contributed by atoms with Gasteiger partial charge in [0.2, 0.25) is 5.91 Å². The molecule has 7 nitrogen and oxygen atoms in total. The van der Waals surface area contributed by atoms with Crippen molar-refractivity contribution < 1.29 is 13.6 Å². The average Bonchev–Trinajstić information content (AvgIpc) is 3.27. The highest BCUT2D eigenvalue weighted by molar-refractivity contribution is 5.92. The number of aryl methyl sites for hydroxylation is 2. The number of rotatable bonds is 6. The molecule has 31 heavy (non-hydrogen) atoms. The van der Waals surface area contributed by atoms with Crippen molar-refractivity contribution in [3.05, 3.63) is 59.5 Å². The van der Waals surface area contributed by atoms with Crippen LogP contribution in [-0.2, 0) is 17.9 Å². The smallest absolute Gasteiger partial charge is 0.264 e. The first-order valence-electron chi connectivity index (χ1n) is 9.93. The quantitative estimate of drug-likeness (QED) is 0.494. The molecule has 0 spiro atoms. The fraction of sp³-hybridized carbons (Fsp3) is 0.273. The predicted molar refractivity (Wildman–Crippen MR) is 114 cm³/mol. The number of carbonyl (C=O) groups is 1. The Hall–Kier alpha value is -3.62. The third-order valence-electron chi connectivity index (χ3n) is 5.18. The van der Waals surface area contributed by atoms with E-state index >= 15 is 0 Å². The van der Waals surface area contributed by atoms with Gasteiger partial charge in [0.05, 0.1) is 34.4 Å². The van der Waals surface area contributed by atoms with E-state index in [1.165, 1.54) is 10.7 Å². The van der Waals surface area contributed by atoms with Gasteiger partial charge in [0.25, 0.3) is 6.43 Å². The molecule has 3 aromatic heterocycles. The number of aromatic nitrogens is 5. The maximum Gasteiger partial charge on any atom is 0.264 e. The van der Waals surface area contributed by atoms with Crippen LogP contribution in [0.3, 0.4) is 0 Å². The zero-order chi connectivity index (χ0) is 22.1. The van der Waals surface area contributed by atoms with Gasteiger partial charge in [-0.2, -0.15) is 10.2 Å². The normalized spacial score (nSPS) is 11.4. The van der Waals surface area contributed by atoms with Crippen LogP contribution in [0.1, 0.15) is 30.3 Å². The lowest BCUT2D eigenvalue weighted by atomic mass is 10.1. The number of hydrogen-bond donors (Lipinski definition) is 1. The molecule has 0 saturated carbocycles. The molecule has 1 N–H and O–H groups in total. The highest BCUT2D eigenvalue weighted by Crippen LogP contribution is 2.33. The minimum atomic E-state index is -2.69. The Balaban J connectivity index is 1.73. The van der Waals surface area contributed by atoms with Gasteiger partial charge >= 0.3 is 0 Å². The summed E-state index contributed by atoms with van der Waals surface area (Å²) in [5.41, 5.74) is 3.07. The van der Waals surface area contributed by atoms with E-state index in [9.17, 15) is 13.6 Å². The first kappa shape index (κ1) is 20.6. The third kappa shape index (κ3) is 3.90. The van der Waals surface area contributed by atoms with Crippen molar-refractivity contribution in [2.75, 3.05) is 5.32 Å². The molecular weight excluding hydrogens is 402 g/mol. The van der Waals surface area contributed by atoms with Gasteiger partial charge in [-0.1, -0.05) is 30.3 Å². The molecule has 4 rings (SSSR count). The van der Waals surface area contributed by atoms with Gasteiger partial charge in [-0.15, -0.1) is 0 Å². The summed E-state index contributed by atoms with van der Waals surface area (Å²) in [5.74, 6) is -0.339. The molecule has 0 aliphatic rings. The summed E-state index contributed by atoms with van der Waals surface area (Å²) in [4.78, 5) is 17.2. The molecule has 160 valence electrons. The van der Waals surface area contributed by atoms with E-state index < -0.39 is 6.43 Å². The van der Waals surface area contributed by atoms with Gasteiger partial charge in [-0.05, 0) is 26.8 Å². The molecule has 0 aliphatic heterocycles. The van der Waals surface area contributed by atoms with Gasteiger partial charge in [0.1, 0.15) is 6.54 Å². The summed E-state index contributed by atoms with van der Waals surface area (Å²) in [5, 5.41) is 11.6. The number of carbonyl (C=O) groups excluding carboxylic acids is 1. The molecule has 1 amide bonds. The first-order valence-corrected chi connectivity index (χ1v) is 9.93. The number of amides is 1. The highest BCUT2D eigenvalue weighted by Gasteiger charge is 2.22. The topological polar surface area (TPSA) is 77.6 Å². The number of hydrogen-bond acceptors (Lipinski definition) is 4. The fourth-order valence-electron chi connectivity index (χ4n) is 3.64. The summed E-state index contributed by atoms with van der Waals surface area (Å²) in [6.45, 7) is 5.99. The number of alkyl halides is 2. The maximum atomic E-state index is 13.9. The van der Waals surface area contributed by atoms with Crippen LogP contribution < -0.4 is 5.32 Å². The Morgan fingerprint density at radius 1 is 1.16 bits per heavy atom. The molecule has 3 heterocycles. The maximum absolute atomic E-state index is 13.9. The van der Waals surface area contributed by atoms with Crippen molar-refractivity contribution in [2.24, 2.45) is 0 Å². The summed E-state index contributed by atoms with van der Waals surface area (Å²) in [6.07, 6.45) is -1.11. The largest absolute Gasteiger partial charge is 0.322 e. The fourth-order valence-corrected chi connectivity index (χ4v) is 3.64. The van der Waals surface area contributed by atoms with E-state index in [1.54, 1.807) is 29.9 Å². The average molecular weight is 424 g/mol. The first-order chi connectivity index (χ1) is 14.9. The van der Waals surface area contributed by atoms with E-state index in [0.717, 1.165) is 5.69 Å². The molecule has 0 unspecified atom stereocenters. The van der Waals surface area contributed by atoms with Crippen LogP contribution in [0.25, 0.3) is 22.3 Å². The number of benzene rings is 1. The van der Waals surface area contributed by atoms with Crippen LogP contribution in [0.4, 0.5) is 14.5 Å². The van der Waals surface area contributed by atoms with E-state index in [0.29, 0.717) is 29.2 Å². The molecule has 0 atom stereocenters. The van der Waals surface area contributed by atoms with E-state index in [1.807, 2.05) is 32.0 Å². The second-order valence-electron chi connectivity index (χ2n) is 7.21. The standard InChI is InChI=1S/C22H22F2N6O/c1-4-29-14(3)18(11-25-29)26-19(31)12-30-22-20(13(2)28-30)16(21(23)24)10-17(27-22)15-8-6-5-7-9-15/h5-11,21H,4,12H2,1-3H3,(H,26,31). The van der Waals surface area contributed by atoms with Crippen molar-refractivity contribution >= 4 is 22.6 Å². The monoisotopic (exact) mass is 424 g/mol. The number of fused-ring (bicyclic) bond motifs is 1. The highest BCUT2D eigenvalue weighted by atomic mass is 19.3. The molecule has 0 saturated heterocycles. The van der Waals surface area contributed by atoms with Crippen molar-refractivity contribution in [3.8, 4) is 11.3 Å². The van der Waals surface area contributed by atoms with E-state index in [2.05, 4.69) is 20.5 Å². The summed E-state index contributed by atoms with van der Waals surface area (Å²) in [7, 11) is 0. The van der Waals surface area contributed by atoms with Gasteiger partial charge in [0, 0.05) is 17.7 Å². The number of anilines is 1. The molecular formula is C22H22F2N6O. The Morgan fingerprint density at radius 2 is 1.90 bits per heavy atom. The van der Waals surface area contributed by atoms with Crippen molar-refractivity contribution in [2.45, 2.75) is 40.3 Å². The number of nitrogens with zero attached hydrogens (tertiary/aromatic N) is 5. The minimum Gasteiger partial charge on any atom is -0.322 e. The zero-order valence-electron chi connectivity index (χ0n) is 17.4. The number of pyridine rings is 1. The lowest BCUT2D eigenvalue weighted by Crippen LogP contribution is -2.20. The molecule has 0 fully saturated rings. The van der Waals surface area contributed by atoms with Crippen molar-refractivity contribution in [1.82, 2.24) is 24.5 Å². The molecule has 0 bridgehead atoms. The number of halogens is 2. The Kier molecular flexibility index (Phi) is 5.50. The Bertz CT molecular complexity index is 1250. The van der Waals surface area contributed by atoms with Gasteiger partial charge < -0.3 is 5.32 Å². The molecule has 1 aromatic carbocycles. The third-order valence-corrected chi connectivity index (χ3v) is 5.18. The van der Waals surface area contributed by atoms with Crippen molar-refractivity contribution in [1.29, 1.82) is 0 Å². The van der Waals surface area contributed by atoms with Crippen LogP contribution in [0, 0.1) is 13.8 Å². The molecule has 0 aliphatic carbocycles. The lowest BCUT2D eigenvalue weighted by molar-refractivity contribution is -0.116. The second-order valence-corrected chi connectivity index (χ2v) is 7.21. The van der Waals surface area contributed by atoms with Crippen LogP contribution in [-0.4, -0.2) is 30.5 Å². The van der Waals surface area contributed by atoms with Crippen molar-refractivity contribution in [3.63, 3.8) is 0 Å². The lowest BCUT2D eigenvalue weighted by Gasteiger charge is -2.09. The Labute approximate surface area is 177 Å². The summed E-state index contributed by atoms with van der Waals surface area (Å²) < 4.78 is 30.9. The summed E-state index contributed by atoms with van der Waals surface area (Å²) >= 11 is 0. The minimum absolute atomic E-state index is 0.145. The zero-order valence-corrected chi connectivity index (χ0v) is 17.4. The van der Waals surface area contributed by atoms with E-state index in [4.69, 9.17) is 0 Å². The Morgan fingerprint density at radius 3 is 2.55 bits per heavy atom. The molecule has 0 radical (unpaired) electrons. The number of nitrogens with one attached hydrogen (secondary N) is 1. The van der Waals surface area contributed by atoms with Crippen LogP contribution >= 0.6 is 0 Å².